The molecular weight excluding hydrogens is 681 g/mol. The molecule has 0 bridgehead atoms. The van der Waals surface area contributed by atoms with Crippen molar-refractivity contribution in [3.63, 3.8) is 0 Å². The molecule has 1 heterocycles. The normalized spacial score (nSPS) is 13.8. The summed E-state index contributed by atoms with van der Waals surface area (Å²) in [5.41, 5.74) is 16.1. The zero-order chi connectivity index (χ0) is 37.5. The van der Waals surface area contributed by atoms with Crippen LogP contribution in [0.1, 0.15) is 48.8 Å². The van der Waals surface area contributed by atoms with Gasteiger partial charge in [-0.3, -0.25) is 0 Å². The third-order valence-electron chi connectivity index (χ3n) is 11.8. The largest absolute Gasteiger partial charge is 0.208 e. The van der Waals surface area contributed by atoms with E-state index < -0.39 is 0 Å². The average molecular weight is 719 g/mol. The monoisotopic (exact) mass is 718 g/mol. The maximum absolute atomic E-state index is 9.81. The SMILES string of the molecule is N#Cc1ccc2c(c1)-c1c(-c3ccc(-c4ccc(-c5ccc(-c6nc(-c7ccccc7)nc(-c7ccccc7)n6)cc5)cc4)cc3)cccc1C21CCCCC1. The maximum Gasteiger partial charge on any atom is 0.164 e. The fourth-order valence-corrected chi connectivity index (χ4v) is 9.01. The standard InChI is InChI=1S/C52H38N4/c53-34-35-17-30-46-45(33-35)48-44(15-10-16-47(48)52(46)31-8-3-9-32-52)40-26-22-38(23-27-40)36-18-20-37(21-19-36)39-24-28-43(29-25-39)51-55-49(41-11-4-1-5-12-41)54-50(56-51)42-13-6-2-7-14-42/h1-2,4-7,10-30,33H,3,8-9,31-32H2. The lowest BCUT2D eigenvalue weighted by atomic mass is 9.67. The van der Waals surface area contributed by atoms with Crippen molar-refractivity contribution in [2.24, 2.45) is 0 Å². The van der Waals surface area contributed by atoms with Crippen molar-refractivity contribution < 1.29 is 0 Å². The molecule has 4 nitrogen and oxygen atoms in total. The van der Waals surface area contributed by atoms with Gasteiger partial charge in [-0.2, -0.15) is 5.26 Å². The van der Waals surface area contributed by atoms with E-state index in [9.17, 15) is 5.26 Å². The molecule has 4 heteroatoms. The summed E-state index contributed by atoms with van der Waals surface area (Å²) in [6.07, 6.45) is 6.13. The van der Waals surface area contributed by atoms with Crippen molar-refractivity contribution in [3.05, 3.63) is 187 Å². The summed E-state index contributed by atoms with van der Waals surface area (Å²) < 4.78 is 0. The minimum absolute atomic E-state index is 0.0551. The van der Waals surface area contributed by atoms with Gasteiger partial charge in [-0.05, 0) is 80.6 Å². The molecule has 0 radical (unpaired) electrons. The van der Waals surface area contributed by atoms with Crippen molar-refractivity contribution in [3.8, 4) is 84.7 Å². The summed E-state index contributed by atoms with van der Waals surface area (Å²) in [5, 5.41) is 9.81. The molecule has 56 heavy (non-hydrogen) atoms. The molecule has 0 saturated heterocycles. The van der Waals surface area contributed by atoms with Crippen LogP contribution in [0.15, 0.2) is 170 Å². The molecule has 2 aliphatic rings. The first kappa shape index (κ1) is 33.6. The summed E-state index contributed by atoms with van der Waals surface area (Å²) in [7, 11) is 0. The number of fused-ring (bicyclic) bond motifs is 5. The fraction of sp³-hybridized carbons (Fsp3) is 0.115. The van der Waals surface area contributed by atoms with Crippen LogP contribution in [0.4, 0.5) is 0 Å². The van der Waals surface area contributed by atoms with Gasteiger partial charge >= 0.3 is 0 Å². The second-order valence-corrected chi connectivity index (χ2v) is 15.0. The fourth-order valence-electron chi connectivity index (χ4n) is 9.01. The van der Waals surface area contributed by atoms with Crippen LogP contribution in [0, 0.1) is 11.3 Å². The van der Waals surface area contributed by atoms with Crippen LogP contribution in [-0.4, -0.2) is 15.0 Å². The lowest BCUT2D eigenvalue weighted by molar-refractivity contribution is 0.353. The van der Waals surface area contributed by atoms with Crippen LogP contribution < -0.4 is 0 Å². The van der Waals surface area contributed by atoms with Crippen LogP contribution in [0.3, 0.4) is 0 Å². The van der Waals surface area contributed by atoms with Crippen LogP contribution in [0.2, 0.25) is 0 Å². The van der Waals surface area contributed by atoms with E-state index in [1.807, 2.05) is 66.7 Å². The van der Waals surface area contributed by atoms with Crippen LogP contribution >= 0.6 is 0 Å². The molecule has 8 aromatic rings. The number of rotatable bonds is 6. The van der Waals surface area contributed by atoms with Crippen LogP contribution in [0.5, 0.6) is 0 Å². The number of benzene rings is 7. The summed E-state index contributed by atoms with van der Waals surface area (Å²) in [6.45, 7) is 0. The van der Waals surface area contributed by atoms with E-state index in [0.717, 1.165) is 33.4 Å². The lowest BCUT2D eigenvalue weighted by Crippen LogP contribution is -2.28. The van der Waals surface area contributed by atoms with Crippen molar-refractivity contribution in [2.45, 2.75) is 37.5 Å². The minimum Gasteiger partial charge on any atom is -0.208 e. The third-order valence-corrected chi connectivity index (χ3v) is 11.8. The highest BCUT2D eigenvalue weighted by molar-refractivity contribution is 5.93. The minimum atomic E-state index is 0.0551. The van der Waals surface area contributed by atoms with Crippen molar-refractivity contribution in [1.82, 2.24) is 15.0 Å². The lowest BCUT2D eigenvalue weighted by Gasteiger charge is -2.36. The van der Waals surface area contributed by atoms with Crippen LogP contribution in [-0.2, 0) is 5.41 Å². The third kappa shape index (κ3) is 5.90. The van der Waals surface area contributed by atoms with Gasteiger partial charge in [0.05, 0.1) is 11.6 Å². The summed E-state index contributed by atoms with van der Waals surface area (Å²) in [6, 6.07) is 62.0. The van der Waals surface area contributed by atoms with Gasteiger partial charge in [-0.25, -0.2) is 15.0 Å². The first-order valence-corrected chi connectivity index (χ1v) is 19.5. The summed E-state index contributed by atoms with van der Waals surface area (Å²) >= 11 is 0. The van der Waals surface area contributed by atoms with Gasteiger partial charge in [0.1, 0.15) is 0 Å². The van der Waals surface area contributed by atoms with Crippen molar-refractivity contribution in [2.75, 3.05) is 0 Å². The zero-order valence-electron chi connectivity index (χ0n) is 31.0. The molecule has 0 unspecified atom stereocenters. The van der Waals surface area contributed by atoms with E-state index in [2.05, 4.69) is 109 Å². The highest BCUT2D eigenvalue weighted by atomic mass is 15.0. The quantitative estimate of drug-likeness (QED) is 0.172. The Hall–Kier alpha value is -6.96. The Morgan fingerprint density at radius 2 is 0.857 bits per heavy atom. The van der Waals surface area contributed by atoms with Gasteiger partial charge in [-0.15, -0.1) is 0 Å². The molecule has 0 aliphatic heterocycles. The molecule has 1 aromatic heterocycles. The first-order valence-electron chi connectivity index (χ1n) is 19.5. The van der Waals surface area contributed by atoms with Gasteiger partial charge in [0.2, 0.25) is 0 Å². The zero-order valence-corrected chi connectivity index (χ0v) is 31.0. The molecule has 1 fully saturated rings. The van der Waals surface area contributed by atoms with Crippen LogP contribution in [0.25, 0.3) is 78.7 Å². The molecule has 266 valence electrons. The van der Waals surface area contributed by atoms with Gasteiger partial charge in [0.25, 0.3) is 0 Å². The second kappa shape index (κ2) is 14.0. The molecule has 7 aromatic carbocycles. The Morgan fingerprint density at radius 3 is 1.36 bits per heavy atom. The second-order valence-electron chi connectivity index (χ2n) is 15.0. The number of hydrogen-bond donors (Lipinski definition) is 0. The molecule has 0 atom stereocenters. The van der Waals surface area contributed by atoms with Gasteiger partial charge in [0.15, 0.2) is 17.5 Å². The molecular formula is C52H38N4. The highest BCUT2D eigenvalue weighted by Gasteiger charge is 2.44. The predicted molar refractivity (Wildman–Crippen MR) is 226 cm³/mol. The van der Waals surface area contributed by atoms with Crippen molar-refractivity contribution in [1.29, 1.82) is 5.26 Å². The average Bonchev–Trinajstić information content (AvgIpc) is 3.55. The Bertz CT molecular complexity index is 2680. The number of nitriles is 1. The molecule has 1 saturated carbocycles. The Kier molecular flexibility index (Phi) is 8.42. The molecule has 1 spiro atoms. The maximum atomic E-state index is 9.81. The first-order chi connectivity index (χ1) is 27.7. The number of hydrogen-bond acceptors (Lipinski definition) is 4. The smallest absolute Gasteiger partial charge is 0.164 e. The molecule has 0 amide bonds. The van der Waals surface area contributed by atoms with E-state index in [-0.39, 0.29) is 5.41 Å². The molecule has 10 rings (SSSR count). The predicted octanol–water partition coefficient (Wildman–Crippen LogP) is 13.0. The van der Waals surface area contributed by atoms with E-state index in [1.54, 1.807) is 0 Å². The Balaban J connectivity index is 0.921. The number of aromatic nitrogens is 3. The highest BCUT2D eigenvalue weighted by Crippen LogP contribution is 2.58. The van der Waals surface area contributed by atoms with E-state index in [1.165, 1.54) is 76.6 Å². The molecule has 2 aliphatic carbocycles. The molecule has 0 N–H and O–H groups in total. The van der Waals surface area contributed by atoms with E-state index >= 15 is 0 Å². The van der Waals surface area contributed by atoms with Gasteiger partial charge in [0, 0.05) is 22.1 Å². The van der Waals surface area contributed by atoms with Gasteiger partial charge in [-0.1, -0.05) is 177 Å². The van der Waals surface area contributed by atoms with E-state index in [4.69, 9.17) is 15.0 Å². The Labute approximate surface area is 327 Å². The summed E-state index contributed by atoms with van der Waals surface area (Å²) in [4.78, 5) is 14.6. The Morgan fingerprint density at radius 1 is 0.393 bits per heavy atom. The summed E-state index contributed by atoms with van der Waals surface area (Å²) in [5.74, 6) is 1.96. The van der Waals surface area contributed by atoms with E-state index in [0.29, 0.717) is 17.5 Å². The topological polar surface area (TPSA) is 62.5 Å². The van der Waals surface area contributed by atoms with Gasteiger partial charge < -0.3 is 0 Å². The van der Waals surface area contributed by atoms with Crippen molar-refractivity contribution >= 4 is 0 Å². The number of nitrogens with zero attached hydrogens (tertiary/aromatic N) is 4.